The average Bonchev–Trinajstić information content (AvgIpc) is 2.04. The number of esters is 1. The second-order valence-corrected chi connectivity index (χ2v) is 3.12. The molecule has 0 spiro atoms. The first-order valence-corrected chi connectivity index (χ1v) is 4.48. The highest BCUT2D eigenvalue weighted by molar-refractivity contribution is 6.28. The van der Waals surface area contributed by atoms with Crippen LogP contribution in [0.1, 0.15) is 33.1 Å². The van der Waals surface area contributed by atoms with Gasteiger partial charge in [0.15, 0.2) is 0 Å². The smallest absolute Gasteiger partial charge is 0.417 e. The lowest BCUT2D eigenvalue weighted by atomic mass is 10.0. The molecule has 1 unspecified atom stereocenters. The fraction of sp³-hybridized carbons (Fsp3) is 0.778. The summed E-state index contributed by atoms with van der Waals surface area (Å²) in [7, 11) is 0. The Morgan fingerprint density at radius 3 is 2.46 bits per heavy atom. The van der Waals surface area contributed by atoms with Crippen molar-refractivity contribution >= 4 is 11.9 Å². The van der Waals surface area contributed by atoms with Crippen LogP contribution in [0, 0.1) is 5.92 Å². The van der Waals surface area contributed by atoms with Gasteiger partial charge in [0, 0.05) is 0 Å². The quantitative estimate of drug-likeness (QED) is 0.523. The largest absolute Gasteiger partial charge is 0.473 e. The highest BCUT2D eigenvalue weighted by Gasteiger charge is 2.12. The molecule has 0 aromatic rings. The van der Waals surface area contributed by atoms with E-state index in [9.17, 15) is 9.59 Å². The van der Waals surface area contributed by atoms with Gasteiger partial charge < -0.3 is 9.84 Å². The van der Waals surface area contributed by atoms with Gasteiger partial charge in [0.25, 0.3) is 0 Å². The summed E-state index contributed by atoms with van der Waals surface area (Å²) in [5, 5.41) is 8.18. The van der Waals surface area contributed by atoms with Crippen LogP contribution in [0.4, 0.5) is 0 Å². The molecule has 0 saturated heterocycles. The summed E-state index contributed by atoms with van der Waals surface area (Å²) < 4.78 is 4.48. The molecule has 0 aromatic heterocycles. The molecule has 4 heteroatoms. The molecule has 0 aromatic carbocycles. The minimum absolute atomic E-state index is 0.201. The monoisotopic (exact) mass is 188 g/mol. The van der Waals surface area contributed by atoms with Crippen molar-refractivity contribution in [2.24, 2.45) is 5.92 Å². The van der Waals surface area contributed by atoms with Crippen molar-refractivity contribution in [1.29, 1.82) is 0 Å². The third kappa shape index (κ3) is 6.13. The van der Waals surface area contributed by atoms with Gasteiger partial charge in [0.1, 0.15) is 0 Å². The third-order valence-electron chi connectivity index (χ3n) is 1.80. The molecule has 13 heavy (non-hydrogen) atoms. The van der Waals surface area contributed by atoms with E-state index < -0.39 is 11.9 Å². The van der Waals surface area contributed by atoms with E-state index in [1.54, 1.807) is 0 Å². The predicted octanol–water partition coefficient (Wildman–Crippen LogP) is 1.44. The SMILES string of the molecule is CCCC(C)CCOC(=O)C(=O)O. The lowest BCUT2D eigenvalue weighted by Crippen LogP contribution is -2.17. The molecule has 0 amide bonds. The summed E-state index contributed by atoms with van der Waals surface area (Å²) >= 11 is 0. The molecule has 0 saturated carbocycles. The van der Waals surface area contributed by atoms with Crippen molar-refractivity contribution in [1.82, 2.24) is 0 Å². The molecule has 1 N–H and O–H groups in total. The van der Waals surface area contributed by atoms with Crippen LogP contribution in [-0.2, 0) is 14.3 Å². The molecule has 0 heterocycles. The molecule has 1 atom stereocenters. The van der Waals surface area contributed by atoms with Gasteiger partial charge in [-0.2, -0.15) is 0 Å². The van der Waals surface area contributed by atoms with Gasteiger partial charge >= 0.3 is 11.9 Å². The number of hydrogen-bond donors (Lipinski definition) is 1. The fourth-order valence-corrected chi connectivity index (χ4v) is 1.05. The van der Waals surface area contributed by atoms with Gasteiger partial charge in [-0.3, -0.25) is 0 Å². The zero-order chi connectivity index (χ0) is 10.3. The highest BCUT2D eigenvalue weighted by Crippen LogP contribution is 2.09. The van der Waals surface area contributed by atoms with E-state index in [2.05, 4.69) is 18.6 Å². The Kier molecular flexibility index (Phi) is 5.93. The van der Waals surface area contributed by atoms with E-state index in [4.69, 9.17) is 5.11 Å². The van der Waals surface area contributed by atoms with Gasteiger partial charge in [0.2, 0.25) is 0 Å². The Hall–Kier alpha value is -1.06. The molecule has 0 fully saturated rings. The highest BCUT2D eigenvalue weighted by atomic mass is 16.6. The number of carbonyl (C=O) groups is 2. The lowest BCUT2D eigenvalue weighted by molar-refractivity contribution is -0.164. The fourth-order valence-electron chi connectivity index (χ4n) is 1.05. The van der Waals surface area contributed by atoms with Crippen molar-refractivity contribution in [3.63, 3.8) is 0 Å². The van der Waals surface area contributed by atoms with E-state index >= 15 is 0 Å². The molecule has 76 valence electrons. The number of rotatable bonds is 5. The van der Waals surface area contributed by atoms with Crippen LogP contribution >= 0.6 is 0 Å². The van der Waals surface area contributed by atoms with Crippen molar-refractivity contribution < 1.29 is 19.4 Å². The first-order chi connectivity index (χ1) is 6.07. The molecule has 0 rings (SSSR count). The maximum Gasteiger partial charge on any atom is 0.417 e. The molecule has 0 aliphatic rings. The molecule has 0 aliphatic carbocycles. The number of carbonyl (C=O) groups excluding carboxylic acids is 1. The summed E-state index contributed by atoms with van der Waals surface area (Å²) in [6.45, 7) is 4.34. The van der Waals surface area contributed by atoms with Gasteiger partial charge in [-0.05, 0) is 12.3 Å². The van der Waals surface area contributed by atoms with Crippen molar-refractivity contribution in [2.45, 2.75) is 33.1 Å². The molecular weight excluding hydrogens is 172 g/mol. The number of carboxylic acids is 1. The zero-order valence-corrected chi connectivity index (χ0v) is 8.08. The number of ether oxygens (including phenoxy) is 1. The van der Waals surface area contributed by atoms with Gasteiger partial charge in [0.05, 0.1) is 6.61 Å². The Bertz CT molecular complexity index is 176. The standard InChI is InChI=1S/C9H16O4/c1-3-4-7(2)5-6-13-9(12)8(10)11/h7H,3-6H2,1-2H3,(H,10,11). The maximum absolute atomic E-state index is 10.5. The Labute approximate surface area is 77.9 Å². The Morgan fingerprint density at radius 1 is 1.38 bits per heavy atom. The zero-order valence-electron chi connectivity index (χ0n) is 8.08. The van der Waals surface area contributed by atoms with Gasteiger partial charge in [-0.15, -0.1) is 0 Å². The van der Waals surface area contributed by atoms with Gasteiger partial charge in [-0.1, -0.05) is 26.7 Å². The van der Waals surface area contributed by atoms with Crippen LogP contribution in [0.2, 0.25) is 0 Å². The molecule has 4 nitrogen and oxygen atoms in total. The van der Waals surface area contributed by atoms with Crippen LogP contribution in [0.25, 0.3) is 0 Å². The van der Waals surface area contributed by atoms with Crippen molar-refractivity contribution in [3.8, 4) is 0 Å². The Balaban J connectivity index is 3.44. The van der Waals surface area contributed by atoms with E-state index in [0.29, 0.717) is 5.92 Å². The number of hydrogen-bond acceptors (Lipinski definition) is 3. The minimum atomic E-state index is -1.52. The van der Waals surface area contributed by atoms with E-state index in [-0.39, 0.29) is 6.61 Å². The second-order valence-electron chi connectivity index (χ2n) is 3.12. The van der Waals surface area contributed by atoms with Crippen molar-refractivity contribution in [3.05, 3.63) is 0 Å². The second kappa shape index (κ2) is 6.46. The summed E-state index contributed by atoms with van der Waals surface area (Å²) in [6.07, 6.45) is 2.89. The lowest BCUT2D eigenvalue weighted by Gasteiger charge is -2.08. The summed E-state index contributed by atoms with van der Waals surface area (Å²) in [5.41, 5.74) is 0. The Morgan fingerprint density at radius 2 is 2.00 bits per heavy atom. The topological polar surface area (TPSA) is 63.6 Å². The van der Waals surface area contributed by atoms with E-state index in [1.807, 2.05) is 0 Å². The summed E-state index contributed by atoms with van der Waals surface area (Å²) in [5.74, 6) is -2.21. The number of aliphatic carboxylic acids is 1. The summed E-state index contributed by atoms with van der Waals surface area (Å²) in [6, 6.07) is 0. The van der Waals surface area contributed by atoms with Crippen LogP contribution in [0.3, 0.4) is 0 Å². The number of carboxylic acid groups (broad SMARTS) is 1. The first-order valence-electron chi connectivity index (χ1n) is 4.48. The first kappa shape index (κ1) is 11.9. The van der Waals surface area contributed by atoms with Crippen LogP contribution < -0.4 is 0 Å². The average molecular weight is 188 g/mol. The van der Waals surface area contributed by atoms with Crippen LogP contribution in [-0.4, -0.2) is 23.7 Å². The normalized spacial score (nSPS) is 12.2. The summed E-state index contributed by atoms with van der Waals surface area (Å²) in [4.78, 5) is 20.5. The molecular formula is C9H16O4. The van der Waals surface area contributed by atoms with Crippen LogP contribution in [0.15, 0.2) is 0 Å². The molecule has 0 radical (unpaired) electrons. The third-order valence-corrected chi connectivity index (χ3v) is 1.80. The van der Waals surface area contributed by atoms with Crippen LogP contribution in [0.5, 0.6) is 0 Å². The maximum atomic E-state index is 10.5. The van der Waals surface area contributed by atoms with E-state index in [1.165, 1.54) is 0 Å². The molecule has 0 aliphatic heterocycles. The van der Waals surface area contributed by atoms with Crippen molar-refractivity contribution in [2.75, 3.05) is 6.61 Å². The van der Waals surface area contributed by atoms with E-state index in [0.717, 1.165) is 19.3 Å². The minimum Gasteiger partial charge on any atom is -0.473 e. The molecule has 0 bridgehead atoms. The van der Waals surface area contributed by atoms with Gasteiger partial charge in [-0.25, -0.2) is 9.59 Å². The predicted molar refractivity (Wildman–Crippen MR) is 47.3 cm³/mol.